The lowest BCUT2D eigenvalue weighted by Gasteiger charge is -2.21. The monoisotopic (exact) mass is 322 g/mol. The number of aliphatic carboxylic acids is 1. The minimum Gasteiger partial charge on any atom is -0.475 e. The van der Waals surface area contributed by atoms with Crippen LogP contribution < -0.4 is 5.73 Å². The van der Waals surface area contributed by atoms with Crippen LogP contribution in [0.5, 0.6) is 0 Å². The van der Waals surface area contributed by atoms with E-state index in [-0.39, 0.29) is 6.04 Å². The van der Waals surface area contributed by atoms with Crippen LogP contribution in [0.4, 0.5) is 18.0 Å². The molecule has 1 aromatic carbocycles. The Labute approximate surface area is 124 Å². The van der Waals surface area contributed by atoms with Gasteiger partial charge >= 0.3 is 18.2 Å². The molecule has 9 heteroatoms. The first-order valence-electron chi connectivity index (χ1n) is 6.11. The Balaban J connectivity index is 0.000000534. The minimum absolute atomic E-state index is 0.148. The molecule has 1 amide bonds. The largest absolute Gasteiger partial charge is 0.490 e. The van der Waals surface area contributed by atoms with Crippen LogP contribution >= 0.6 is 0 Å². The summed E-state index contributed by atoms with van der Waals surface area (Å²) in [5, 5.41) is 16.1. The van der Waals surface area contributed by atoms with Gasteiger partial charge in [0.2, 0.25) is 0 Å². The van der Waals surface area contributed by atoms with Gasteiger partial charge in [-0.2, -0.15) is 13.2 Å². The number of carboxylic acid groups (broad SMARTS) is 2. The summed E-state index contributed by atoms with van der Waals surface area (Å²) in [5.41, 5.74) is 6.55. The van der Waals surface area contributed by atoms with Crippen LogP contribution in [-0.2, 0) is 11.3 Å². The van der Waals surface area contributed by atoms with Crippen LogP contribution in [0, 0.1) is 0 Å². The summed E-state index contributed by atoms with van der Waals surface area (Å²) in [6, 6.07) is 9.33. The highest BCUT2D eigenvalue weighted by molar-refractivity contribution is 5.73. The molecule has 0 fully saturated rings. The Morgan fingerprint density at radius 2 is 1.68 bits per heavy atom. The standard InChI is InChI=1S/C11H16N2O2.C2HF3O2/c1-9(12)7-13(11(14)15)8-10-5-3-2-4-6-10;3-2(4,5)1(6)7/h2-6,9H,7-8,12H2,1H3,(H,14,15);(H,6,7)/t9-;/m0./s1. The second kappa shape index (κ2) is 8.88. The predicted octanol–water partition coefficient (Wildman–Crippen LogP) is 2.15. The van der Waals surface area contributed by atoms with Crippen molar-refractivity contribution >= 4 is 12.1 Å². The fourth-order valence-electron chi connectivity index (χ4n) is 1.36. The van der Waals surface area contributed by atoms with Crippen LogP contribution in [-0.4, -0.2) is 45.9 Å². The van der Waals surface area contributed by atoms with Gasteiger partial charge in [-0.25, -0.2) is 9.59 Å². The lowest BCUT2D eigenvalue weighted by Crippen LogP contribution is -2.38. The Morgan fingerprint density at radius 3 is 2.00 bits per heavy atom. The second-order valence-electron chi connectivity index (χ2n) is 4.43. The first-order valence-corrected chi connectivity index (χ1v) is 6.11. The van der Waals surface area contributed by atoms with Crippen molar-refractivity contribution in [3.63, 3.8) is 0 Å². The van der Waals surface area contributed by atoms with Gasteiger partial charge in [-0.3, -0.25) is 0 Å². The lowest BCUT2D eigenvalue weighted by molar-refractivity contribution is -0.192. The number of hydrogen-bond donors (Lipinski definition) is 3. The molecule has 0 heterocycles. The Kier molecular flexibility index (Phi) is 7.95. The molecule has 1 aromatic rings. The summed E-state index contributed by atoms with van der Waals surface area (Å²) >= 11 is 0. The van der Waals surface area contributed by atoms with E-state index in [0.29, 0.717) is 13.1 Å². The molecule has 0 unspecified atom stereocenters. The number of amides is 1. The van der Waals surface area contributed by atoms with Gasteiger partial charge in [-0.15, -0.1) is 0 Å². The van der Waals surface area contributed by atoms with Crippen LogP contribution in [0.25, 0.3) is 0 Å². The molecular formula is C13H17F3N2O4. The fourth-order valence-corrected chi connectivity index (χ4v) is 1.36. The zero-order chi connectivity index (χ0) is 17.3. The molecule has 0 aliphatic carbocycles. The molecule has 0 spiro atoms. The van der Waals surface area contributed by atoms with E-state index in [0.717, 1.165) is 5.56 Å². The van der Waals surface area contributed by atoms with Crippen LogP contribution in [0.2, 0.25) is 0 Å². The van der Waals surface area contributed by atoms with E-state index in [1.54, 1.807) is 6.92 Å². The SMILES string of the molecule is C[C@H](N)CN(Cc1ccccc1)C(=O)O.O=C(O)C(F)(F)F. The summed E-state index contributed by atoms with van der Waals surface area (Å²) in [7, 11) is 0. The third-order valence-electron chi connectivity index (χ3n) is 2.24. The van der Waals surface area contributed by atoms with Crippen molar-refractivity contribution in [2.45, 2.75) is 25.7 Å². The summed E-state index contributed by atoms with van der Waals surface area (Å²) in [6.45, 7) is 2.53. The quantitative estimate of drug-likeness (QED) is 0.788. The normalized spacial score (nSPS) is 11.9. The minimum atomic E-state index is -5.08. The zero-order valence-corrected chi connectivity index (χ0v) is 11.7. The number of carboxylic acids is 1. The van der Waals surface area contributed by atoms with E-state index >= 15 is 0 Å². The van der Waals surface area contributed by atoms with Crippen molar-refractivity contribution < 1.29 is 33.0 Å². The smallest absolute Gasteiger partial charge is 0.475 e. The molecule has 0 radical (unpaired) electrons. The third-order valence-corrected chi connectivity index (χ3v) is 2.24. The number of benzene rings is 1. The number of halogens is 3. The van der Waals surface area contributed by atoms with Gasteiger partial charge in [0.05, 0.1) is 0 Å². The molecule has 4 N–H and O–H groups in total. The van der Waals surface area contributed by atoms with Gasteiger partial charge in [-0.05, 0) is 12.5 Å². The van der Waals surface area contributed by atoms with Gasteiger partial charge in [-0.1, -0.05) is 30.3 Å². The predicted molar refractivity (Wildman–Crippen MR) is 72.2 cm³/mol. The first-order chi connectivity index (χ1) is 10.0. The Hall–Kier alpha value is -2.29. The van der Waals surface area contributed by atoms with E-state index in [9.17, 15) is 18.0 Å². The number of hydrogen-bond acceptors (Lipinski definition) is 3. The maximum absolute atomic E-state index is 10.9. The van der Waals surface area contributed by atoms with Crippen molar-refractivity contribution in [3.05, 3.63) is 35.9 Å². The summed E-state index contributed by atoms with van der Waals surface area (Å²) < 4.78 is 31.7. The Bertz CT molecular complexity index is 478. The molecule has 0 aliphatic rings. The van der Waals surface area contributed by atoms with Crippen LogP contribution in [0.15, 0.2) is 30.3 Å². The molecule has 0 aliphatic heterocycles. The molecule has 0 saturated carbocycles. The average Bonchev–Trinajstić information content (AvgIpc) is 2.38. The molecule has 0 bridgehead atoms. The molecule has 22 heavy (non-hydrogen) atoms. The zero-order valence-electron chi connectivity index (χ0n) is 11.7. The number of rotatable bonds is 4. The van der Waals surface area contributed by atoms with Crippen molar-refractivity contribution in [1.29, 1.82) is 0 Å². The molecule has 124 valence electrons. The molecule has 0 saturated heterocycles. The van der Waals surface area contributed by atoms with E-state index in [1.165, 1.54) is 4.90 Å². The van der Waals surface area contributed by atoms with Gasteiger partial charge in [0.25, 0.3) is 0 Å². The Morgan fingerprint density at radius 1 is 1.23 bits per heavy atom. The van der Waals surface area contributed by atoms with E-state index in [4.69, 9.17) is 20.7 Å². The fraction of sp³-hybridized carbons (Fsp3) is 0.385. The van der Waals surface area contributed by atoms with E-state index in [2.05, 4.69) is 0 Å². The van der Waals surface area contributed by atoms with E-state index in [1.807, 2.05) is 30.3 Å². The van der Waals surface area contributed by atoms with Crippen molar-refractivity contribution in [3.8, 4) is 0 Å². The molecular weight excluding hydrogens is 305 g/mol. The highest BCUT2D eigenvalue weighted by atomic mass is 19.4. The number of alkyl halides is 3. The summed E-state index contributed by atoms with van der Waals surface area (Å²) in [5.74, 6) is -2.76. The van der Waals surface area contributed by atoms with Gasteiger partial charge in [0, 0.05) is 19.1 Å². The first kappa shape index (κ1) is 19.7. The van der Waals surface area contributed by atoms with Crippen molar-refractivity contribution in [2.75, 3.05) is 6.54 Å². The topological polar surface area (TPSA) is 104 Å². The molecule has 0 aromatic heterocycles. The van der Waals surface area contributed by atoms with Gasteiger partial charge in [0.15, 0.2) is 0 Å². The number of carbonyl (C=O) groups is 2. The highest BCUT2D eigenvalue weighted by Crippen LogP contribution is 2.13. The number of nitrogens with zero attached hydrogens (tertiary/aromatic N) is 1. The van der Waals surface area contributed by atoms with Crippen LogP contribution in [0.1, 0.15) is 12.5 Å². The van der Waals surface area contributed by atoms with Crippen molar-refractivity contribution in [2.24, 2.45) is 5.73 Å². The number of nitrogens with two attached hydrogens (primary N) is 1. The van der Waals surface area contributed by atoms with Crippen LogP contribution in [0.3, 0.4) is 0 Å². The lowest BCUT2D eigenvalue weighted by atomic mass is 10.2. The highest BCUT2D eigenvalue weighted by Gasteiger charge is 2.38. The maximum Gasteiger partial charge on any atom is 0.490 e. The van der Waals surface area contributed by atoms with Crippen molar-refractivity contribution in [1.82, 2.24) is 4.90 Å². The molecule has 1 atom stereocenters. The second-order valence-corrected chi connectivity index (χ2v) is 4.43. The maximum atomic E-state index is 10.9. The molecule has 1 rings (SSSR count). The van der Waals surface area contributed by atoms with E-state index < -0.39 is 18.2 Å². The molecule has 6 nitrogen and oxygen atoms in total. The third kappa shape index (κ3) is 8.80. The van der Waals surface area contributed by atoms with Gasteiger partial charge in [0.1, 0.15) is 0 Å². The average molecular weight is 322 g/mol. The summed E-state index contributed by atoms with van der Waals surface area (Å²) in [6.07, 6.45) is -6.02. The summed E-state index contributed by atoms with van der Waals surface area (Å²) in [4.78, 5) is 21.1. The van der Waals surface area contributed by atoms with Gasteiger partial charge < -0.3 is 20.8 Å².